The molecule has 1 aromatic rings. The van der Waals surface area contributed by atoms with Gasteiger partial charge in [0.15, 0.2) is 0 Å². The Kier molecular flexibility index (Phi) is 1.93. The van der Waals surface area contributed by atoms with E-state index in [0.717, 1.165) is 5.70 Å². The lowest BCUT2D eigenvalue weighted by Crippen LogP contribution is -2.34. The number of hydrogen-bond donors (Lipinski definition) is 1. The van der Waals surface area contributed by atoms with Gasteiger partial charge in [0.05, 0.1) is 23.0 Å². The molecular weight excluding hydrogens is 202 g/mol. The Bertz CT molecular complexity index is 543. The second-order valence-corrected chi connectivity index (χ2v) is 3.62. The first-order valence-electron chi connectivity index (χ1n) is 5.03. The summed E-state index contributed by atoms with van der Waals surface area (Å²) >= 11 is 0. The first-order valence-corrected chi connectivity index (χ1v) is 5.03. The van der Waals surface area contributed by atoms with Crippen LogP contribution >= 0.6 is 0 Å². The minimum atomic E-state index is -0.147. The molecule has 2 aliphatic rings. The van der Waals surface area contributed by atoms with Crippen LogP contribution in [0.25, 0.3) is 6.08 Å². The van der Waals surface area contributed by atoms with Gasteiger partial charge in [-0.25, -0.2) is 0 Å². The second-order valence-electron chi connectivity index (χ2n) is 3.62. The first kappa shape index (κ1) is 9.03. The van der Waals surface area contributed by atoms with E-state index in [1.54, 1.807) is 24.5 Å². The zero-order valence-corrected chi connectivity index (χ0v) is 8.42. The zero-order chi connectivity index (χ0) is 11.0. The number of carbonyl (C=O) groups excluding carboxylic acids is 1. The maximum Gasteiger partial charge on any atom is 0.254 e. The van der Waals surface area contributed by atoms with Crippen LogP contribution in [-0.4, -0.2) is 23.1 Å². The van der Waals surface area contributed by atoms with E-state index in [9.17, 15) is 4.79 Å². The number of hydrogen-bond acceptors (Lipinski definition) is 3. The van der Waals surface area contributed by atoms with Gasteiger partial charge in [0.1, 0.15) is 0 Å². The van der Waals surface area contributed by atoms with Crippen molar-refractivity contribution in [2.75, 3.05) is 0 Å². The van der Waals surface area contributed by atoms with Crippen LogP contribution in [0.2, 0.25) is 0 Å². The predicted molar refractivity (Wildman–Crippen MR) is 61.1 cm³/mol. The van der Waals surface area contributed by atoms with Crippen molar-refractivity contribution >= 4 is 18.2 Å². The van der Waals surface area contributed by atoms with Crippen molar-refractivity contribution in [1.82, 2.24) is 10.3 Å². The van der Waals surface area contributed by atoms with Crippen LogP contribution in [0.5, 0.6) is 0 Å². The van der Waals surface area contributed by atoms with E-state index in [4.69, 9.17) is 0 Å². The third-order valence-corrected chi connectivity index (χ3v) is 2.59. The molecule has 4 nitrogen and oxygen atoms in total. The number of nitrogens with one attached hydrogen (secondary N) is 1. The van der Waals surface area contributed by atoms with Crippen LogP contribution in [0, 0.1) is 0 Å². The van der Waals surface area contributed by atoms with Crippen LogP contribution < -0.4 is 5.32 Å². The quantitative estimate of drug-likeness (QED) is 0.700. The van der Waals surface area contributed by atoms with E-state index >= 15 is 0 Å². The van der Waals surface area contributed by atoms with Gasteiger partial charge in [0, 0.05) is 12.4 Å². The summed E-state index contributed by atoms with van der Waals surface area (Å²) in [5, 5.41) is 2.89. The molecule has 3 heterocycles. The fourth-order valence-electron chi connectivity index (χ4n) is 1.80. The molecule has 0 aliphatic carbocycles. The number of carbonyl (C=O) groups is 1. The van der Waals surface area contributed by atoms with Gasteiger partial charge >= 0.3 is 0 Å². The number of dihydropyridines is 1. The van der Waals surface area contributed by atoms with Crippen molar-refractivity contribution < 1.29 is 4.79 Å². The molecule has 4 heteroatoms. The molecule has 2 aliphatic heterocycles. The molecule has 0 spiro atoms. The van der Waals surface area contributed by atoms with Gasteiger partial charge in [-0.15, -0.1) is 0 Å². The van der Waals surface area contributed by atoms with E-state index in [1.165, 1.54) is 0 Å². The average Bonchev–Trinajstić information content (AvgIpc) is 2.45. The molecule has 1 amide bonds. The lowest BCUT2D eigenvalue weighted by atomic mass is 10.1. The Morgan fingerprint density at radius 3 is 3.25 bits per heavy atom. The molecule has 1 aromatic heterocycles. The lowest BCUT2D eigenvalue weighted by Gasteiger charge is -2.14. The van der Waals surface area contributed by atoms with Crippen molar-refractivity contribution in [3.05, 3.63) is 47.4 Å². The van der Waals surface area contributed by atoms with E-state index in [-0.39, 0.29) is 11.9 Å². The van der Waals surface area contributed by atoms with Crippen molar-refractivity contribution in [3.8, 4) is 0 Å². The molecule has 78 valence electrons. The number of rotatable bonds is 0. The number of aromatic nitrogens is 1. The third-order valence-electron chi connectivity index (χ3n) is 2.59. The Morgan fingerprint density at radius 1 is 1.38 bits per heavy atom. The minimum Gasteiger partial charge on any atom is -0.340 e. The highest BCUT2D eigenvalue weighted by Crippen LogP contribution is 2.20. The molecule has 1 atom stereocenters. The van der Waals surface area contributed by atoms with Gasteiger partial charge in [-0.1, -0.05) is 6.08 Å². The van der Waals surface area contributed by atoms with E-state index in [0.29, 0.717) is 11.3 Å². The van der Waals surface area contributed by atoms with Crippen molar-refractivity contribution in [2.24, 2.45) is 4.99 Å². The highest BCUT2D eigenvalue weighted by atomic mass is 16.1. The zero-order valence-electron chi connectivity index (χ0n) is 8.42. The molecule has 3 rings (SSSR count). The van der Waals surface area contributed by atoms with E-state index in [2.05, 4.69) is 15.3 Å². The topological polar surface area (TPSA) is 54.4 Å². The van der Waals surface area contributed by atoms with Gasteiger partial charge in [0.2, 0.25) is 0 Å². The smallest absolute Gasteiger partial charge is 0.254 e. The maximum atomic E-state index is 11.9. The molecule has 0 aromatic carbocycles. The summed E-state index contributed by atoms with van der Waals surface area (Å²) in [6, 6.07) is 3.37. The molecule has 1 unspecified atom stereocenters. The third kappa shape index (κ3) is 1.35. The number of allylic oxidation sites excluding steroid dienone is 1. The maximum absolute atomic E-state index is 11.9. The number of fused-ring (bicyclic) bond motifs is 2. The summed E-state index contributed by atoms with van der Waals surface area (Å²) in [7, 11) is 0. The monoisotopic (exact) mass is 211 g/mol. The van der Waals surface area contributed by atoms with Crippen LogP contribution in [0.3, 0.4) is 0 Å². The summed E-state index contributed by atoms with van der Waals surface area (Å²) in [5.74, 6) is -0.110. The molecule has 0 radical (unpaired) electrons. The van der Waals surface area contributed by atoms with Crippen LogP contribution in [0.1, 0.15) is 16.1 Å². The summed E-state index contributed by atoms with van der Waals surface area (Å²) in [5.41, 5.74) is 2.08. The van der Waals surface area contributed by atoms with E-state index in [1.807, 2.05) is 18.2 Å². The SMILES string of the molecule is O=C1NC2C=CC=NC2=Cc2ncccc21. The van der Waals surface area contributed by atoms with Crippen molar-refractivity contribution in [2.45, 2.75) is 6.04 Å². The number of pyridine rings is 1. The number of amides is 1. The fraction of sp³-hybridized carbons (Fsp3) is 0.0833. The number of nitrogens with zero attached hydrogens (tertiary/aromatic N) is 2. The van der Waals surface area contributed by atoms with Crippen molar-refractivity contribution in [3.63, 3.8) is 0 Å². The van der Waals surface area contributed by atoms with E-state index < -0.39 is 0 Å². The van der Waals surface area contributed by atoms with Crippen LogP contribution in [0.4, 0.5) is 0 Å². The van der Waals surface area contributed by atoms with Crippen LogP contribution in [0.15, 0.2) is 41.2 Å². The van der Waals surface area contributed by atoms with Gasteiger partial charge in [-0.05, 0) is 24.3 Å². The Balaban J connectivity index is 2.16. The Morgan fingerprint density at radius 2 is 2.31 bits per heavy atom. The van der Waals surface area contributed by atoms with Gasteiger partial charge in [0.25, 0.3) is 5.91 Å². The van der Waals surface area contributed by atoms with Crippen LogP contribution in [-0.2, 0) is 0 Å². The summed E-state index contributed by atoms with van der Waals surface area (Å²) in [4.78, 5) is 20.3. The standard InChI is InChI=1S/C12H9N3O/c16-12-8-3-1-5-13-10(8)7-11-9(15-12)4-2-6-14-11/h1-7,9H,(H,15,16). The Hall–Kier alpha value is -2.23. The molecule has 0 saturated carbocycles. The molecule has 0 bridgehead atoms. The molecule has 16 heavy (non-hydrogen) atoms. The Labute approximate surface area is 92.4 Å². The number of aliphatic imine (C=N–C) groups is 1. The minimum absolute atomic E-state index is 0.110. The summed E-state index contributed by atoms with van der Waals surface area (Å²) < 4.78 is 0. The predicted octanol–water partition coefficient (Wildman–Crippen LogP) is 1.18. The molecule has 1 N–H and O–H groups in total. The lowest BCUT2D eigenvalue weighted by molar-refractivity contribution is 0.0949. The van der Waals surface area contributed by atoms with Crippen molar-refractivity contribution in [1.29, 1.82) is 0 Å². The van der Waals surface area contributed by atoms with Gasteiger partial charge in [-0.2, -0.15) is 0 Å². The second kappa shape index (κ2) is 3.41. The average molecular weight is 211 g/mol. The van der Waals surface area contributed by atoms with Gasteiger partial charge < -0.3 is 5.32 Å². The fourth-order valence-corrected chi connectivity index (χ4v) is 1.80. The molecule has 0 fully saturated rings. The summed E-state index contributed by atoms with van der Waals surface area (Å²) in [6.07, 6.45) is 8.96. The largest absolute Gasteiger partial charge is 0.340 e. The molecular formula is C12H9N3O. The normalized spacial score (nSPS) is 21.6. The highest BCUT2D eigenvalue weighted by molar-refractivity contribution is 5.99. The highest BCUT2D eigenvalue weighted by Gasteiger charge is 2.22. The molecule has 0 saturated heterocycles. The van der Waals surface area contributed by atoms with Gasteiger partial charge in [-0.3, -0.25) is 14.8 Å². The first-order chi connectivity index (χ1) is 7.84. The summed E-state index contributed by atoms with van der Waals surface area (Å²) in [6.45, 7) is 0.